The first-order chi connectivity index (χ1) is 5.74. The normalized spacial score (nSPS) is 9.50. The van der Waals surface area contributed by atoms with E-state index < -0.39 is 5.95 Å². The zero-order valence-corrected chi connectivity index (χ0v) is 6.58. The highest BCUT2D eigenvalue weighted by Gasteiger charge is 1.99. The number of aromatic nitrogens is 1. The first kappa shape index (κ1) is 8.64. The molecule has 1 aromatic heterocycles. The Morgan fingerprint density at radius 3 is 3.08 bits per heavy atom. The van der Waals surface area contributed by atoms with Crippen molar-refractivity contribution < 1.29 is 13.9 Å². The maximum Gasteiger partial charge on any atom is 0.293 e. The fraction of sp³-hybridized carbons (Fsp3) is 0.250. The molecule has 0 atom stereocenters. The average molecular weight is 169 g/mol. The van der Waals surface area contributed by atoms with Gasteiger partial charge in [-0.05, 0) is 13.0 Å². The minimum atomic E-state index is -0.496. The van der Waals surface area contributed by atoms with Crippen molar-refractivity contribution in [3.63, 3.8) is 0 Å². The molecular formula is C8H8FNO2. The Bertz CT molecular complexity index is 288. The van der Waals surface area contributed by atoms with Crippen LogP contribution in [0.15, 0.2) is 12.3 Å². The van der Waals surface area contributed by atoms with Crippen molar-refractivity contribution in [2.45, 2.75) is 13.5 Å². The van der Waals surface area contributed by atoms with E-state index in [1.807, 2.05) is 0 Å². The van der Waals surface area contributed by atoms with Crippen molar-refractivity contribution >= 4 is 6.47 Å². The molecule has 0 N–H and O–H groups in total. The molecule has 64 valence electrons. The molecular weight excluding hydrogens is 161 g/mol. The van der Waals surface area contributed by atoms with E-state index in [2.05, 4.69) is 9.72 Å². The van der Waals surface area contributed by atoms with Crippen LogP contribution in [0.3, 0.4) is 0 Å². The molecule has 0 aliphatic rings. The number of aryl methyl sites for hydroxylation is 1. The van der Waals surface area contributed by atoms with E-state index in [4.69, 9.17) is 0 Å². The lowest BCUT2D eigenvalue weighted by Gasteiger charge is -2.00. The van der Waals surface area contributed by atoms with Crippen molar-refractivity contribution in [3.8, 4) is 0 Å². The van der Waals surface area contributed by atoms with Crippen LogP contribution >= 0.6 is 0 Å². The van der Waals surface area contributed by atoms with Crippen LogP contribution in [0.1, 0.15) is 11.1 Å². The molecule has 0 amide bonds. The minimum Gasteiger partial charge on any atom is -0.463 e. The summed E-state index contributed by atoms with van der Waals surface area (Å²) >= 11 is 0. The Morgan fingerprint density at radius 1 is 1.75 bits per heavy atom. The average Bonchev–Trinajstić information content (AvgIpc) is 2.07. The highest BCUT2D eigenvalue weighted by molar-refractivity contribution is 5.37. The second-order valence-electron chi connectivity index (χ2n) is 2.36. The molecule has 1 aromatic rings. The van der Waals surface area contributed by atoms with Crippen LogP contribution in [-0.4, -0.2) is 11.5 Å². The molecule has 0 aliphatic carbocycles. The summed E-state index contributed by atoms with van der Waals surface area (Å²) in [6, 6.07) is 1.59. The fourth-order valence-corrected chi connectivity index (χ4v) is 0.825. The zero-order valence-electron chi connectivity index (χ0n) is 6.58. The molecule has 0 saturated heterocycles. The summed E-state index contributed by atoms with van der Waals surface area (Å²) in [5.41, 5.74) is 1.13. The Kier molecular flexibility index (Phi) is 2.74. The largest absolute Gasteiger partial charge is 0.463 e. The second-order valence-corrected chi connectivity index (χ2v) is 2.36. The van der Waals surface area contributed by atoms with Crippen LogP contribution in [0.4, 0.5) is 4.39 Å². The summed E-state index contributed by atoms with van der Waals surface area (Å²) < 4.78 is 17.1. The first-order valence-electron chi connectivity index (χ1n) is 3.40. The van der Waals surface area contributed by atoms with Crippen LogP contribution in [0, 0.1) is 12.9 Å². The molecule has 1 rings (SSSR count). The van der Waals surface area contributed by atoms with Gasteiger partial charge in [-0.3, -0.25) is 4.79 Å². The van der Waals surface area contributed by atoms with E-state index in [0.29, 0.717) is 17.6 Å². The summed E-state index contributed by atoms with van der Waals surface area (Å²) in [5, 5.41) is 0. The highest BCUT2D eigenvalue weighted by atomic mass is 19.1. The second kappa shape index (κ2) is 3.80. The molecule has 0 bridgehead atoms. The number of carbonyl (C=O) groups is 1. The fourth-order valence-electron chi connectivity index (χ4n) is 0.825. The van der Waals surface area contributed by atoms with Gasteiger partial charge in [0.15, 0.2) is 0 Å². The molecule has 0 spiro atoms. The number of carbonyl (C=O) groups excluding carboxylic acids is 1. The van der Waals surface area contributed by atoms with Crippen LogP contribution in [0.2, 0.25) is 0 Å². The van der Waals surface area contributed by atoms with Crippen LogP contribution in [0.25, 0.3) is 0 Å². The van der Waals surface area contributed by atoms with E-state index in [1.165, 1.54) is 6.20 Å². The van der Waals surface area contributed by atoms with E-state index in [1.54, 1.807) is 13.0 Å². The van der Waals surface area contributed by atoms with Gasteiger partial charge in [-0.15, -0.1) is 0 Å². The third kappa shape index (κ3) is 2.02. The third-order valence-electron chi connectivity index (χ3n) is 1.39. The van der Waals surface area contributed by atoms with Crippen molar-refractivity contribution in [1.29, 1.82) is 0 Å². The number of ether oxygens (including phenoxy) is 1. The van der Waals surface area contributed by atoms with Crippen molar-refractivity contribution in [1.82, 2.24) is 4.98 Å². The Labute approximate surface area is 69.2 Å². The van der Waals surface area contributed by atoms with Crippen LogP contribution in [0.5, 0.6) is 0 Å². The van der Waals surface area contributed by atoms with Gasteiger partial charge in [0.1, 0.15) is 6.61 Å². The molecule has 0 aromatic carbocycles. The van der Waals surface area contributed by atoms with E-state index in [0.717, 1.165) is 0 Å². The lowest BCUT2D eigenvalue weighted by Crippen LogP contribution is -1.95. The monoisotopic (exact) mass is 169 g/mol. The minimum absolute atomic E-state index is 0.137. The standard InChI is InChI=1S/C8H8FNO2/c1-6-2-7(4-12-5-11)3-10-8(6)9/h2-3,5H,4H2,1H3. The summed E-state index contributed by atoms with van der Waals surface area (Å²) in [6.45, 7) is 2.09. The van der Waals surface area contributed by atoms with Gasteiger partial charge >= 0.3 is 0 Å². The van der Waals surface area contributed by atoms with Crippen molar-refractivity contribution in [2.24, 2.45) is 0 Å². The van der Waals surface area contributed by atoms with Crippen molar-refractivity contribution in [2.75, 3.05) is 0 Å². The summed E-state index contributed by atoms with van der Waals surface area (Å²) in [6.07, 6.45) is 1.34. The molecule has 4 heteroatoms. The Morgan fingerprint density at radius 2 is 2.50 bits per heavy atom. The quantitative estimate of drug-likeness (QED) is 0.504. The Balaban J connectivity index is 2.75. The van der Waals surface area contributed by atoms with Gasteiger partial charge in [-0.1, -0.05) is 0 Å². The summed E-state index contributed by atoms with van der Waals surface area (Å²) in [7, 11) is 0. The highest BCUT2D eigenvalue weighted by Crippen LogP contribution is 2.06. The predicted molar refractivity (Wildman–Crippen MR) is 39.8 cm³/mol. The van der Waals surface area contributed by atoms with E-state index >= 15 is 0 Å². The van der Waals surface area contributed by atoms with Gasteiger partial charge in [0.25, 0.3) is 6.47 Å². The predicted octanol–water partition coefficient (Wildman–Crippen LogP) is 1.20. The molecule has 12 heavy (non-hydrogen) atoms. The van der Waals surface area contributed by atoms with Gasteiger partial charge in [-0.25, -0.2) is 4.98 Å². The zero-order chi connectivity index (χ0) is 8.97. The summed E-state index contributed by atoms with van der Waals surface area (Å²) in [5.74, 6) is -0.496. The smallest absolute Gasteiger partial charge is 0.293 e. The molecule has 1 heterocycles. The number of rotatable bonds is 3. The molecule has 0 aliphatic heterocycles. The van der Waals surface area contributed by atoms with Gasteiger partial charge in [0, 0.05) is 17.3 Å². The van der Waals surface area contributed by atoms with E-state index in [-0.39, 0.29) is 6.61 Å². The van der Waals surface area contributed by atoms with Gasteiger partial charge in [0.05, 0.1) is 0 Å². The molecule has 0 fully saturated rings. The number of pyridine rings is 1. The molecule has 0 unspecified atom stereocenters. The van der Waals surface area contributed by atoms with Gasteiger partial charge in [0.2, 0.25) is 5.95 Å². The molecule has 0 saturated carbocycles. The van der Waals surface area contributed by atoms with Gasteiger partial charge < -0.3 is 4.74 Å². The SMILES string of the molecule is Cc1cc(COC=O)cnc1F. The van der Waals surface area contributed by atoms with Gasteiger partial charge in [-0.2, -0.15) is 4.39 Å². The number of hydrogen-bond acceptors (Lipinski definition) is 3. The lowest BCUT2D eigenvalue weighted by molar-refractivity contribution is -0.129. The first-order valence-corrected chi connectivity index (χ1v) is 3.40. The van der Waals surface area contributed by atoms with Crippen LogP contribution < -0.4 is 0 Å². The topological polar surface area (TPSA) is 39.2 Å². The van der Waals surface area contributed by atoms with E-state index in [9.17, 15) is 9.18 Å². The van der Waals surface area contributed by atoms with Crippen molar-refractivity contribution in [3.05, 3.63) is 29.3 Å². The van der Waals surface area contributed by atoms with Crippen LogP contribution in [-0.2, 0) is 16.1 Å². The number of hydrogen-bond donors (Lipinski definition) is 0. The molecule has 3 nitrogen and oxygen atoms in total. The number of nitrogens with zero attached hydrogens (tertiary/aromatic N) is 1. The maximum absolute atomic E-state index is 12.6. The third-order valence-corrected chi connectivity index (χ3v) is 1.39. The molecule has 0 radical (unpaired) electrons. The number of halogens is 1. The Hall–Kier alpha value is -1.45. The summed E-state index contributed by atoms with van der Waals surface area (Å²) in [4.78, 5) is 13.3. The lowest BCUT2D eigenvalue weighted by atomic mass is 10.2. The maximum atomic E-state index is 12.6.